The van der Waals surface area contributed by atoms with E-state index in [1.807, 2.05) is 6.20 Å². The van der Waals surface area contributed by atoms with Crippen LogP contribution in [-0.4, -0.2) is 44.8 Å². The number of nitrogens with one attached hydrogen (secondary N) is 1. The maximum absolute atomic E-state index is 13.1. The molecule has 1 amide bonds. The van der Waals surface area contributed by atoms with Crippen molar-refractivity contribution >= 4 is 17.2 Å². The summed E-state index contributed by atoms with van der Waals surface area (Å²) < 4.78 is 52.8. The Bertz CT molecular complexity index is 1670. The molecule has 0 radical (unpaired) electrons. The zero-order valence-electron chi connectivity index (χ0n) is 24.1. The van der Waals surface area contributed by atoms with Crippen molar-refractivity contribution in [3.8, 4) is 17.3 Å². The van der Waals surface area contributed by atoms with E-state index in [1.165, 1.54) is 11.6 Å². The van der Waals surface area contributed by atoms with E-state index in [9.17, 15) is 18.0 Å². The molecule has 1 saturated carbocycles. The number of benzene rings is 1. The molecular formula is C31H31F3N6O3. The van der Waals surface area contributed by atoms with Crippen molar-refractivity contribution in [1.29, 1.82) is 0 Å². The largest absolute Gasteiger partial charge is 0.500 e. The Morgan fingerprint density at radius 3 is 2.53 bits per heavy atom. The van der Waals surface area contributed by atoms with Gasteiger partial charge in [-0.2, -0.15) is 18.2 Å². The van der Waals surface area contributed by atoms with Gasteiger partial charge in [-0.1, -0.05) is 31.2 Å². The molecule has 0 unspecified atom stereocenters. The van der Waals surface area contributed by atoms with E-state index in [1.54, 1.807) is 31.4 Å². The van der Waals surface area contributed by atoms with Crippen molar-refractivity contribution < 1.29 is 27.4 Å². The van der Waals surface area contributed by atoms with Crippen molar-refractivity contribution in [2.45, 2.75) is 51.8 Å². The number of imidazole rings is 1. The molecule has 2 aromatic heterocycles. The molecule has 3 aliphatic rings. The molecule has 2 aliphatic heterocycles. The second kappa shape index (κ2) is 11.3. The summed E-state index contributed by atoms with van der Waals surface area (Å²) in [6, 6.07) is 6.87. The molecule has 0 bridgehead atoms. The number of ether oxygens (including phenoxy) is 2. The fraction of sp³-hybridized carbons (Fsp3) is 0.387. The molecule has 6 rings (SSSR count). The normalized spacial score (nSPS) is 17.1. The first-order valence-electron chi connectivity index (χ1n) is 14.2. The van der Waals surface area contributed by atoms with E-state index in [0.717, 1.165) is 53.6 Å². The van der Waals surface area contributed by atoms with Gasteiger partial charge in [0.25, 0.3) is 5.91 Å². The van der Waals surface area contributed by atoms with Crippen LogP contribution in [0, 0.1) is 5.92 Å². The van der Waals surface area contributed by atoms with E-state index < -0.39 is 11.9 Å². The number of fused-ring (bicyclic) bond motifs is 1. The smallest absolute Gasteiger partial charge is 0.434 e. The molecule has 4 heterocycles. The van der Waals surface area contributed by atoms with Crippen LogP contribution in [0.25, 0.3) is 17.0 Å². The minimum Gasteiger partial charge on any atom is -0.500 e. The molecule has 12 heteroatoms. The molecular weight excluding hydrogens is 561 g/mol. The Morgan fingerprint density at radius 2 is 1.88 bits per heavy atom. The average molecular weight is 593 g/mol. The molecule has 3 aromatic rings. The lowest BCUT2D eigenvalue weighted by Gasteiger charge is -2.21. The van der Waals surface area contributed by atoms with Gasteiger partial charge >= 0.3 is 6.18 Å². The standard InChI is InChI=1S/C31H31F3N6O3/c1-4-17-13-22(42-3)25(26(36-14-17)19-9-10-19)27-37-21-11-12-35-29(41)24(21)30(39-27)43-16-18-5-7-20(8-6-18)28-38-23(15-40(28)2)31(32,33)34/h5-8,14-15,19H,4,9-13,16H2,1-3H3,(H,35,41). The van der Waals surface area contributed by atoms with Crippen molar-refractivity contribution in [2.24, 2.45) is 18.0 Å². The predicted octanol–water partition coefficient (Wildman–Crippen LogP) is 5.67. The summed E-state index contributed by atoms with van der Waals surface area (Å²) in [5.41, 5.74) is 4.00. The van der Waals surface area contributed by atoms with E-state index in [-0.39, 0.29) is 24.2 Å². The summed E-state index contributed by atoms with van der Waals surface area (Å²) in [7, 11) is 3.16. The molecule has 1 aliphatic carbocycles. The van der Waals surface area contributed by atoms with Crippen LogP contribution in [0.1, 0.15) is 65.7 Å². The van der Waals surface area contributed by atoms with E-state index in [2.05, 4.69) is 17.2 Å². The first-order chi connectivity index (χ1) is 20.7. The van der Waals surface area contributed by atoms with Crippen LogP contribution in [0.2, 0.25) is 0 Å². The summed E-state index contributed by atoms with van der Waals surface area (Å²) in [5.74, 6) is 1.51. The number of aliphatic imine (C=N–C) groups is 1. The summed E-state index contributed by atoms with van der Waals surface area (Å²) in [5, 5.41) is 2.84. The van der Waals surface area contributed by atoms with Gasteiger partial charge in [0.05, 0.1) is 24.1 Å². The van der Waals surface area contributed by atoms with Gasteiger partial charge in [-0.05, 0) is 30.4 Å². The molecule has 43 heavy (non-hydrogen) atoms. The number of allylic oxidation sites excluding steroid dienone is 2. The number of hydrogen-bond donors (Lipinski definition) is 1. The minimum absolute atomic E-state index is 0.0755. The number of methoxy groups -OCH3 is 1. The zero-order chi connectivity index (χ0) is 30.3. The first-order valence-corrected chi connectivity index (χ1v) is 14.2. The number of carbonyl (C=O) groups excluding carboxylic acids is 1. The quantitative estimate of drug-likeness (QED) is 0.362. The number of alkyl halides is 3. The Hall–Kier alpha value is -4.48. The first kappa shape index (κ1) is 28.6. The lowest BCUT2D eigenvalue weighted by atomic mass is 10.00. The van der Waals surface area contributed by atoms with Gasteiger partial charge < -0.3 is 19.4 Å². The van der Waals surface area contributed by atoms with Crippen molar-refractivity contribution in [2.75, 3.05) is 13.7 Å². The van der Waals surface area contributed by atoms with Gasteiger partial charge in [-0.25, -0.2) is 9.97 Å². The van der Waals surface area contributed by atoms with Gasteiger partial charge in [-0.15, -0.1) is 0 Å². The number of rotatable bonds is 8. The van der Waals surface area contributed by atoms with E-state index in [4.69, 9.17) is 24.4 Å². The Labute approximate surface area is 246 Å². The van der Waals surface area contributed by atoms with Crippen molar-refractivity contribution in [3.05, 3.63) is 76.3 Å². The van der Waals surface area contributed by atoms with Crippen LogP contribution in [0.5, 0.6) is 5.88 Å². The third-order valence-electron chi connectivity index (χ3n) is 7.78. The van der Waals surface area contributed by atoms with Crippen LogP contribution < -0.4 is 10.1 Å². The Balaban J connectivity index is 1.32. The summed E-state index contributed by atoms with van der Waals surface area (Å²) in [6.45, 7) is 2.61. The van der Waals surface area contributed by atoms with Crippen molar-refractivity contribution in [1.82, 2.24) is 24.8 Å². The molecule has 9 nitrogen and oxygen atoms in total. The molecule has 1 aromatic carbocycles. The Kier molecular flexibility index (Phi) is 7.53. The average Bonchev–Trinajstić information content (AvgIpc) is 3.78. The van der Waals surface area contributed by atoms with Crippen LogP contribution in [0.15, 0.2) is 53.0 Å². The van der Waals surface area contributed by atoms with Crippen molar-refractivity contribution in [3.63, 3.8) is 0 Å². The van der Waals surface area contributed by atoms with Gasteiger partial charge in [0, 0.05) is 50.3 Å². The summed E-state index contributed by atoms with van der Waals surface area (Å²) in [6.07, 6.45) is 2.35. The summed E-state index contributed by atoms with van der Waals surface area (Å²) in [4.78, 5) is 31.1. The Morgan fingerprint density at radius 1 is 1.12 bits per heavy atom. The van der Waals surface area contributed by atoms with Crippen LogP contribution >= 0.6 is 0 Å². The van der Waals surface area contributed by atoms with E-state index in [0.29, 0.717) is 47.9 Å². The molecule has 224 valence electrons. The number of halogens is 3. The fourth-order valence-corrected chi connectivity index (χ4v) is 5.27. The monoisotopic (exact) mass is 592 g/mol. The molecule has 0 saturated heterocycles. The lowest BCUT2D eigenvalue weighted by Crippen LogP contribution is -2.34. The maximum Gasteiger partial charge on any atom is 0.434 e. The molecule has 1 fully saturated rings. The van der Waals surface area contributed by atoms with Gasteiger partial charge in [0.1, 0.15) is 23.8 Å². The SMILES string of the molecule is CCC1=CN=C(C2CC2)C(c2nc3c(c(OCc4ccc(-c5nc(C(F)(F)F)cn5C)cc4)n2)C(=O)NCC3)=C(OC)C1. The molecule has 0 spiro atoms. The van der Waals surface area contributed by atoms with Gasteiger partial charge in [0.15, 0.2) is 11.5 Å². The second-order valence-electron chi connectivity index (χ2n) is 10.8. The van der Waals surface area contributed by atoms with Gasteiger partial charge in [0.2, 0.25) is 5.88 Å². The number of aryl methyl sites for hydroxylation is 1. The molecule has 0 atom stereocenters. The number of carbonyl (C=O) groups is 1. The summed E-state index contributed by atoms with van der Waals surface area (Å²) >= 11 is 0. The minimum atomic E-state index is -4.53. The highest BCUT2D eigenvalue weighted by Gasteiger charge is 2.37. The van der Waals surface area contributed by atoms with Crippen LogP contribution in [0.3, 0.4) is 0 Å². The van der Waals surface area contributed by atoms with Crippen LogP contribution in [0.4, 0.5) is 13.2 Å². The second-order valence-corrected chi connectivity index (χ2v) is 10.8. The lowest BCUT2D eigenvalue weighted by molar-refractivity contribution is -0.140. The fourth-order valence-electron chi connectivity index (χ4n) is 5.27. The molecule has 1 N–H and O–H groups in total. The third kappa shape index (κ3) is 5.78. The topological polar surface area (TPSA) is 104 Å². The maximum atomic E-state index is 13.1. The number of amides is 1. The number of nitrogens with zero attached hydrogens (tertiary/aromatic N) is 5. The highest BCUT2D eigenvalue weighted by molar-refractivity contribution is 6.25. The predicted molar refractivity (Wildman–Crippen MR) is 153 cm³/mol. The van der Waals surface area contributed by atoms with E-state index >= 15 is 0 Å². The number of aromatic nitrogens is 4. The third-order valence-corrected chi connectivity index (χ3v) is 7.78. The highest BCUT2D eigenvalue weighted by Crippen LogP contribution is 2.40. The van der Waals surface area contributed by atoms with Crippen LogP contribution in [-0.2, 0) is 31.0 Å². The highest BCUT2D eigenvalue weighted by atomic mass is 19.4. The zero-order valence-corrected chi connectivity index (χ0v) is 24.1. The van der Waals surface area contributed by atoms with Gasteiger partial charge in [-0.3, -0.25) is 9.79 Å². The number of hydrogen-bond acceptors (Lipinski definition) is 7.